The number of carbonyl (C=O) groups is 2. The van der Waals surface area contributed by atoms with Gasteiger partial charge in [-0.05, 0) is 28.8 Å². The Morgan fingerprint density at radius 2 is 1.83 bits per heavy atom. The van der Waals surface area contributed by atoms with Crippen LogP contribution in [0.1, 0.15) is 27.2 Å². The molecule has 0 aliphatic carbocycles. The average Bonchev–Trinajstić information content (AvgIpc) is 3.17. The third kappa shape index (κ3) is 3.81. The first-order valence-corrected chi connectivity index (χ1v) is 9.73. The third-order valence-corrected chi connectivity index (χ3v) is 5.32. The molecule has 154 valence electrons. The summed E-state index contributed by atoms with van der Waals surface area (Å²) < 4.78 is 0. The molecule has 1 aliphatic rings. The van der Waals surface area contributed by atoms with Crippen LogP contribution in [0, 0.1) is 0 Å². The number of nitrogens with zero attached hydrogens (tertiary/aromatic N) is 4. The van der Waals surface area contributed by atoms with Crippen LogP contribution in [0.5, 0.6) is 0 Å². The summed E-state index contributed by atoms with van der Waals surface area (Å²) in [5.74, 6) is -0.303. The molecule has 1 aliphatic heterocycles. The van der Waals surface area contributed by atoms with E-state index in [9.17, 15) is 9.59 Å². The maximum atomic E-state index is 13.3. The lowest BCUT2D eigenvalue weighted by atomic mass is 10.1. The topological polar surface area (TPSA) is 113 Å². The van der Waals surface area contributed by atoms with Crippen LogP contribution < -0.4 is 5.73 Å². The molecule has 0 saturated heterocycles. The Hall–Kier alpha value is -3.52. The highest BCUT2D eigenvalue weighted by molar-refractivity contribution is 6.05. The molecule has 4 rings (SSSR count). The van der Waals surface area contributed by atoms with E-state index in [1.807, 2.05) is 24.3 Å². The van der Waals surface area contributed by atoms with Gasteiger partial charge in [0.15, 0.2) is 0 Å². The first kappa shape index (κ1) is 19.8. The molecule has 3 aromatic rings. The largest absolute Gasteiger partial charge is 0.395 e. The van der Waals surface area contributed by atoms with Crippen molar-refractivity contribution >= 4 is 28.7 Å². The van der Waals surface area contributed by atoms with Crippen LogP contribution in [-0.4, -0.2) is 56.9 Å². The van der Waals surface area contributed by atoms with Crippen LogP contribution in [0.25, 0.3) is 10.9 Å². The highest BCUT2D eigenvalue weighted by atomic mass is 16.3. The fraction of sp³-hybridized carbons (Fsp3) is 0.273. The van der Waals surface area contributed by atoms with Gasteiger partial charge in [0.1, 0.15) is 5.69 Å². The van der Waals surface area contributed by atoms with E-state index in [4.69, 9.17) is 10.8 Å². The van der Waals surface area contributed by atoms with Crippen LogP contribution in [0.15, 0.2) is 42.5 Å². The summed E-state index contributed by atoms with van der Waals surface area (Å²) in [5.41, 5.74) is 9.64. The zero-order valence-electron chi connectivity index (χ0n) is 16.7. The molecule has 8 nitrogen and oxygen atoms in total. The van der Waals surface area contributed by atoms with Crippen molar-refractivity contribution in [3.8, 4) is 0 Å². The average molecular weight is 405 g/mol. The first-order chi connectivity index (χ1) is 14.5. The lowest BCUT2D eigenvalue weighted by Gasteiger charge is -2.17. The van der Waals surface area contributed by atoms with Gasteiger partial charge in [0.05, 0.1) is 18.5 Å². The number of aromatic nitrogens is 2. The van der Waals surface area contributed by atoms with E-state index in [0.717, 1.165) is 16.7 Å². The van der Waals surface area contributed by atoms with Crippen LogP contribution in [0.4, 0.5) is 5.95 Å². The summed E-state index contributed by atoms with van der Waals surface area (Å²) in [4.78, 5) is 37.3. The van der Waals surface area contributed by atoms with Gasteiger partial charge in [-0.25, -0.2) is 9.97 Å². The van der Waals surface area contributed by atoms with E-state index < -0.39 is 0 Å². The SMILES string of the molecule is CN(CCO)C(=O)Cc1ccc2nc(N)nc(C(=O)N3Cc4ccccc4C3)c2c1. The van der Waals surface area contributed by atoms with Crippen molar-refractivity contribution in [2.24, 2.45) is 0 Å². The second-order valence-electron chi connectivity index (χ2n) is 7.43. The Bertz CT molecular complexity index is 1110. The lowest BCUT2D eigenvalue weighted by Crippen LogP contribution is -2.30. The van der Waals surface area contributed by atoms with Crippen molar-refractivity contribution < 1.29 is 14.7 Å². The molecule has 8 heteroatoms. The smallest absolute Gasteiger partial charge is 0.273 e. The van der Waals surface area contributed by atoms with Gasteiger partial charge in [0, 0.05) is 32.1 Å². The molecule has 1 aromatic heterocycles. The molecule has 0 fully saturated rings. The zero-order valence-corrected chi connectivity index (χ0v) is 16.7. The normalized spacial score (nSPS) is 12.8. The highest BCUT2D eigenvalue weighted by Crippen LogP contribution is 2.26. The van der Waals surface area contributed by atoms with E-state index in [0.29, 0.717) is 24.0 Å². The van der Waals surface area contributed by atoms with Crippen molar-refractivity contribution in [3.05, 3.63) is 64.8 Å². The van der Waals surface area contributed by atoms with E-state index in [1.165, 1.54) is 4.90 Å². The Labute approximate surface area is 173 Å². The fourth-order valence-corrected chi connectivity index (χ4v) is 3.68. The number of amides is 2. The number of aliphatic hydroxyl groups is 1. The molecule has 2 heterocycles. The number of hydrogen-bond donors (Lipinski definition) is 2. The van der Waals surface area contributed by atoms with Crippen LogP contribution in [0.2, 0.25) is 0 Å². The maximum Gasteiger partial charge on any atom is 0.273 e. The third-order valence-electron chi connectivity index (χ3n) is 5.32. The van der Waals surface area contributed by atoms with Gasteiger partial charge in [-0.3, -0.25) is 9.59 Å². The molecule has 2 amide bonds. The molecular formula is C22H23N5O3. The quantitative estimate of drug-likeness (QED) is 0.663. The number of aliphatic hydroxyl groups excluding tert-OH is 1. The Kier molecular flexibility index (Phi) is 5.33. The van der Waals surface area contributed by atoms with Crippen molar-refractivity contribution in [2.45, 2.75) is 19.5 Å². The minimum atomic E-state index is -0.217. The molecule has 0 radical (unpaired) electrons. The molecule has 0 atom stereocenters. The molecule has 2 aromatic carbocycles. The first-order valence-electron chi connectivity index (χ1n) is 9.73. The molecule has 0 bridgehead atoms. The Morgan fingerprint density at radius 3 is 2.50 bits per heavy atom. The number of hydrogen-bond acceptors (Lipinski definition) is 6. The van der Waals surface area contributed by atoms with E-state index in [2.05, 4.69) is 9.97 Å². The molecule has 30 heavy (non-hydrogen) atoms. The van der Waals surface area contributed by atoms with Gasteiger partial charge in [0.25, 0.3) is 5.91 Å². The van der Waals surface area contributed by atoms with Crippen molar-refractivity contribution in [1.82, 2.24) is 19.8 Å². The number of nitrogens with two attached hydrogens (primary N) is 1. The molecule has 0 spiro atoms. The zero-order chi connectivity index (χ0) is 21.3. The van der Waals surface area contributed by atoms with Gasteiger partial charge >= 0.3 is 0 Å². The van der Waals surface area contributed by atoms with Crippen molar-refractivity contribution in [3.63, 3.8) is 0 Å². The standard InChI is InChI=1S/C22H23N5O3/c1-26(8-9-28)19(29)11-14-6-7-18-17(10-14)20(25-22(23)24-18)21(30)27-12-15-4-2-3-5-16(15)13-27/h2-7,10,28H,8-9,11-13H2,1H3,(H2,23,24,25). The molecule has 0 unspecified atom stereocenters. The van der Waals surface area contributed by atoms with E-state index in [1.54, 1.807) is 30.1 Å². The highest BCUT2D eigenvalue weighted by Gasteiger charge is 2.27. The fourth-order valence-electron chi connectivity index (χ4n) is 3.68. The van der Waals surface area contributed by atoms with Gasteiger partial charge in [-0.2, -0.15) is 0 Å². The summed E-state index contributed by atoms with van der Waals surface area (Å²) in [6.07, 6.45) is 0.152. The van der Waals surface area contributed by atoms with Crippen LogP contribution in [-0.2, 0) is 24.3 Å². The molecule has 0 saturated carbocycles. The number of likely N-dealkylation sites (N-methyl/N-ethyl adjacent to an activating group) is 1. The number of rotatable bonds is 5. The lowest BCUT2D eigenvalue weighted by molar-refractivity contribution is -0.129. The van der Waals surface area contributed by atoms with E-state index >= 15 is 0 Å². The Morgan fingerprint density at radius 1 is 1.13 bits per heavy atom. The summed E-state index contributed by atoms with van der Waals surface area (Å²) >= 11 is 0. The second kappa shape index (κ2) is 8.08. The molecular weight excluding hydrogens is 382 g/mol. The van der Waals surface area contributed by atoms with Crippen LogP contribution >= 0.6 is 0 Å². The molecule has 3 N–H and O–H groups in total. The number of anilines is 1. The predicted octanol–water partition coefficient (Wildman–Crippen LogP) is 1.36. The van der Waals surface area contributed by atoms with Crippen LogP contribution in [0.3, 0.4) is 0 Å². The second-order valence-corrected chi connectivity index (χ2v) is 7.43. The minimum absolute atomic E-state index is 0.0362. The number of carbonyl (C=O) groups excluding carboxylic acids is 2. The van der Waals surface area contributed by atoms with Gasteiger partial charge in [-0.1, -0.05) is 30.3 Å². The van der Waals surface area contributed by atoms with E-state index in [-0.39, 0.29) is 43.0 Å². The Balaban J connectivity index is 1.65. The monoisotopic (exact) mass is 405 g/mol. The van der Waals surface area contributed by atoms with Crippen molar-refractivity contribution in [1.29, 1.82) is 0 Å². The summed E-state index contributed by atoms with van der Waals surface area (Å²) in [6.45, 7) is 1.21. The number of fused-ring (bicyclic) bond motifs is 2. The number of benzene rings is 2. The maximum absolute atomic E-state index is 13.3. The summed E-state index contributed by atoms with van der Waals surface area (Å²) in [7, 11) is 1.64. The summed E-state index contributed by atoms with van der Waals surface area (Å²) in [5, 5.41) is 9.59. The van der Waals surface area contributed by atoms with Gasteiger partial charge < -0.3 is 20.6 Å². The predicted molar refractivity (Wildman–Crippen MR) is 112 cm³/mol. The van der Waals surface area contributed by atoms with Crippen molar-refractivity contribution in [2.75, 3.05) is 25.9 Å². The van der Waals surface area contributed by atoms with Gasteiger partial charge in [0.2, 0.25) is 11.9 Å². The number of nitrogen functional groups attached to an aromatic ring is 1. The minimum Gasteiger partial charge on any atom is -0.395 e. The van der Waals surface area contributed by atoms with Gasteiger partial charge in [-0.15, -0.1) is 0 Å². The summed E-state index contributed by atoms with van der Waals surface area (Å²) in [6, 6.07) is 13.3.